The topological polar surface area (TPSA) is 55.1 Å². The van der Waals surface area contributed by atoms with Crippen molar-refractivity contribution in [3.63, 3.8) is 0 Å². The fourth-order valence-corrected chi connectivity index (χ4v) is 1.21. The van der Waals surface area contributed by atoms with Crippen LogP contribution in [-0.4, -0.2) is 14.7 Å². The van der Waals surface area contributed by atoms with E-state index in [1.54, 1.807) is 18.2 Å². The van der Waals surface area contributed by atoms with Gasteiger partial charge in [0.25, 0.3) is 5.56 Å². The lowest BCUT2D eigenvalue weighted by molar-refractivity contribution is 0.205. The van der Waals surface area contributed by atoms with E-state index in [-0.39, 0.29) is 12.3 Å². The lowest BCUT2D eigenvalue weighted by Crippen LogP contribution is -2.20. The summed E-state index contributed by atoms with van der Waals surface area (Å²) in [6, 6.07) is 7.04. The number of nitrogens with zero attached hydrogens (tertiary/aromatic N) is 2. The zero-order valence-corrected chi connectivity index (χ0v) is 6.84. The van der Waals surface area contributed by atoms with Gasteiger partial charge in [-0.2, -0.15) is 0 Å². The van der Waals surface area contributed by atoms with Gasteiger partial charge in [0.1, 0.15) is 13.1 Å². The van der Waals surface area contributed by atoms with Crippen LogP contribution in [0.4, 0.5) is 0 Å². The van der Waals surface area contributed by atoms with Gasteiger partial charge in [0.2, 0.25) is 0 Å². The number of aliphatic hydroxyl groups is 1. The third-order valence-corrected chi connectivity index (χ3v) is 1.88. The van der Waals surface area contributed by atoms with Gasteiger partial charge >= 0.3 is 0 Å². The highest BCUT2D eigenvalue weighted by Gasteiger charge is 2.00. The molecule has 1 heterocycles. The van der Waals surface area contributed by atoms with E-state index in [4.69, 9.17) is 5.11 Å². The highest BCUT2D eigenvalue weighted by Crippen LogP contribution is 2.03. The Kier molecular flexibility index (Phi) is 1.83. The summed E-state index contributed by atoms with van der Waals surface area (Å²) in [4.78, 5) is 15.5. The van der Waals surface area contributed by atoms with E-state index >= 15 is 0 Å². The van der Waals surface area contributed by atoms with Gasteiger partial charge in [0.15, 0.2) is 0 Å². The summed E-state index contributed by atoms with van der Waals surface area (Å²) >= 11 is 0. The van der Waals surface area contributed by atoms with Gasteiger partial charge in [-0.3, -0.25) is 9.36 Å². The third kappa shape index (κ3) is 1.21. The second-order valence-corrected chi connectivity index (χ2v) is 2.68. The number of benzene rings is 1. The smallest absolute Gasteiger partial charge is 0.263 e. The van der Waals surface area contributed by atoms with Gasteiger partial charge in [-0.1, -0.05) is 12.1 Å². The predicted molar refractivity (Wildman–Crippen MR) is 48.2 cm³/mol. The molecule has 13 heavy (non-hydrogen) atoms. The van der Waals surface area contributed by atoms with Gasteiger partial charge in [0.05, 0.1) is 10.9 Å². The average molecular weight is 176 g/mol. The summed E-state index contributed by atoms with van der Waals surface area (Å²) in [5.41, 5.74) is 0.435. The molecule has 2 aromatic rings. The molecule has 0 amide bonds. The summed E-state index contributed by atoms with van der Waals surface area (Å²) in [6.45, 7) is -0.337. The molecule has 4 heteroatoms. The van der Waals surface area contributed by atoms with Crippen molar-refractivity contribution in [2.45, 2.75) is 6.73 Å². The molecule has 0 fully saturated rings. The van der Waals surface area contributed by atoms with Crippen LogP contribution in [0.1, 0.15) is 0 Å². The molecule has 0 aliphatic rings. The largest absolute Gasteiger partial charge is 0.376 e. The quantitative estimate of drug-likeness (QED) is 0.682. The Morgan fingerprint density at radius 3 is 2.92 bits per heavy atom. The summed E-state index contributed by atoms with van der Waals surface area (Å²) in [6.07, 6.45) is 1.34. The molecule has 1 aromatic heterocycles. The van der Waals surface area contributed by atoms with Crippen LogP contribution in [0.25, 0.3) is 10.9 Å². The van der Waals surface area contributed by atoms with Crippen molar-refractivity contribution in [1.29, 1.82) is 0 Å². The molecule has 0 bridgehead atoms. The summed E-state index contributed by atoms with van der Waals surface area (Å²) < 4.78 is 1.16. The first-order valence-electron chi connectivity index (χ1n) is 3.88. The van der Waals surface area contributed by atoms with Crippen LogP contribution >= 0.6 is 0 Å². The molecule has 0 unspecified atom stereocenters. The molecule has 0 atom stereocenters. The molecule has 0 saturated heterocycles. The van der Waals surface area contributed by atoms with E-state index in [0.29, 0.717) is 10.9 Å². The van der Waals surface area contributed by atoms with Crippen LogP contribution in [0.2, 0.25) is 0 Å². The van der Waals surface area contributed by atoms with Crippen molar-refractivity contribution in [2.24, 2.45) is 0 Å². The van der Waals surface area contributed by atoms with Gasteiger partial charge in [-0.05, 0) is 12.1 Å². The molecule has 66 valence electrons. The Labute approximate surface area is 74.1 Å². The van der Waals surface area contributed by atoms with Crippen LogP contribution in [-0.2, 0) is 6.73 Å². The first-order valence-corrected chi connectivity index (χ1v) is 3.88. The fraction of sp³-hybridized carbons (Fsp3) is 0.111. The van der Waals surface area contributed by atoms with Crippen LogP contribution in [0.5, 0.6) is 0 Å². The standard InChI is InChI=1S/C9H8N2O2/c12-6-11-5-10-8-4-2-1-3-7(8)9(11)13/h1-5,12H,6H2. The molecule has 0 spiro atoms. The zero-order valence-electron chi connectivity index (χ0n) is 6.84. The van der Waals surface area contributed by atoms with Gasteiger partial charge in [-0.25, -0.2) is 4.98 Å². The van der Waals surface area contributed by atoms with Crippen molar-refractivity contribution < 1.29 is 5.11 Å². The van der Waals surface area contributed by atoms with Gasteiger partial charge < -0.3 is 5.11 Å². The number of fused-ring (bicyclic) bond motifs is 1. The fourth-order valence-electron chi connectivity index (χ4n) is 1.21. The number of aromatic nitrogens is 2. The normalized spacial score (nSPS) is 10.5. The summed E-state index contributed by atoms with van der Waals surface area (Å²) in [7, 11) is 0. The summed E-state index contributed by atoms with van der Waals surface area (Å²) in [5, 5.41) is 9.33. The highest BCUT2D eigenvalue weighted by molar-refractivity contribution is 5.76. The van der Waals surface area contributed by atoms with E-state index in [2.05, 4.69) is 4.98 Å². The van der Waals surface area contributed by atoms with E-state index in [1.807, 2.05) is 6.07 Å². The minimum absolute atomic E-state index is 0.215. The maximum absolute atomic E-state index is 11.5. The SMILES string of the molecule is O=c1c2ccccc2ncn1CO. The van der Waals surface area contributed by atoms with Crippen LogP contribution < -0.4 is 5.56 Å². The van der Waals surface area contributed by atoms with E-state index in [9.17, 15) is 4.79 Å². The Bertz CT molecular complexity index is 490. The van der Waals surface area contributed by atoms with Crippen molar-refractivity contribution in [2.75, 3.05) is 0 Å². The monoisotopic (exact) mass is 176 g/mol. The van der Waals surface area contributed by atoms with Crippen molar-refractivity contribution >= 4 is 10.9 Å². The summed E-state index contributed by atoms with van der Waals surface area (Å²) in [5.74, 6) is 0. The third-order valence-electron chi connectivity index (χ3n) is 1.88. The molecular weight excluding hydrogens is 168 g/mol. The molecule has 1 N–H and O–H groups in total. The number of rotatable bonds is 1. The Hall–Kier alpha value is -1.68. The van der Waals surface area contributed by atoms with E-state index in [1.165, 1.54) is 6.33 Å². The van der Waals surface area contributed by atoms with Crippen molar-refractivity contribution in [3.05, 3.63) is 40.9 Å². The molecule has 0 aliphatic carbocycles. The molecule has 0 saturated carbocycles. The lowest BCUT2D eigenvalue weighted by atomic mass is 10.2. The zero-order chi connectivity index (χ0) is 9.26. The van der Waals surface area contributed by atoms with Crippen molar-refractivity contribution in [1.82, 2.24) is 9.55 Å². The van der Waals surface area contributed by atoms with Gasteiger partial charge in [-0.15, -0.1) is 0 Å². The second kappa shape index (κ2) is 2.99. The maximum atomic E-state index is 11.5. The highest BCUT2D eigenvalue weighted by atomic mass is 16.3. The van der Waals surface area contributed by atoms with Crippen LogP contribution in [0.3, 0.4) is 0 Å². The van der Waals surface area contributed by atoms with Crippen LogP contribution in [0, 0.1) is 0 Å². The second-order valence-electron chi connectivity index (χ2n) is 2.68. The first kappa shape index (κ1) is 7.94. The lowest BCUT2D eigenvalue weighted by Gasteiger charge is -2.01. The molecule has 0 radical (unpaired) electrons. The Balaban J connectivity index is 2.87. The number of hydrogen-bond acceptors (Lipinski definition) is 3. The number of aliphatic hydroxyl groups excluding tert-OH is 1. The Morgan fingerprint density at radius 1 is 1.38 bits per heavy atom. The maximum Gasteiger partial charge on any atom is 0.263 e. The molecular formula is C9H8N2O2. The minimum Gasteiger partial charge on any atom is -0.376 e. The first-order chi connectivity index (χ1) is 6.33. The van der Waals surface area contributed by atoms with E-state index < -0.39 is 0 Å². The predicted octanol–water partition coefficient (Wildman–Crippen LogP) is 0.346. The Morgan fingerprint density at radius 2 is 2.15 bits per heavy atom. The molecule has 0 aliphatic heterocycles. The molecule has 1 aromatic carbocycles. The van der Waals surface area contributed by atoms with E-state index in [0.717, 1.165) is 4.57 Å². The number of hydrogen-bond donors (Lipinski definition) is 1. The van der Waals surface area contributed by atoms with Crippen LogP contribution in [0.15, 0.2) is 35.4 Å². The minimum atomic E-state index is -0.337. The molecule has 4 nitrogen and oxygen atoms in total. The van der Waals surface area contributed by atoms with Crippen molar-refractivity contribution in [3.8, 4) is 0 Å². The number of para-hydroxylation sites is 1. The molecule has 2 rings (SSSR count). The average Bonchev–Trinajstić information content (AvgIpc) is 2.19. The van der Waals surface area contributed by atoms with Gasteiger partial charge in [0, 0.05) is 0 Å².